The first-order valence-electron chi connectivity index (χ1n) is 6.59. The first kappa shape index (κ1) is 16.9. The minimum atomic E-state index is 0.199. The fourth-order valence-electron chi connectivity index (χ4n) is 1.36. The molecule has 1 aromatic carbocycles. The summed E-state index contributed by atoms with van der Waals surface area (Å²) in [5, 5.41) is 7.54. The van der Waals surface area contributed by atoms with Gasteiger partial charge in [0.25, 0.3) is 0 Å². The summed E-state index contributed by atoms with van der Waals surface area (Å²) in [5.74, 6) is 0.840. The van der Waals surface area contributed by atoms with E-state index in [1.54, 1.807) is 6.21 Å². The summed E-state index contributed by atoms with van der Waals surface area (Å²) in [6.45, 7) is 6.89. The molecule has 0 aliphatic heterocycles. The Labute approximate surface area is 134 Å². The summed E-state index contributed by atoms with van der Waals surface area (Å²) < 4.78 is 6.70. The first-order chi connectivity index (χ1) is 9.56. The lowest BCUT2D eigenvalue weighted by Gasteiger charge is -2.14. The summed E-state index contributed by atoms with van der Waals surface area (Å²) in [6.07, 6.45) is 2.88. The molecular weight excluding hydrogens is 338 g/mol. The molecule has 1 unspecified atom stereocenters. The second-order valence-electron chi connectivity index (χ2n) is 4.26. The van der Waals surface area contributed by atoms with Crippen LogP contribution in [0.3, 0.4) is 0 Å². The molecule has 0 radical (unpaired) electrons. The molecule has 0 spiro atoms. The van der Waals surface area contributed by atoms with Crippen LogP contribution >= 0.6 is 28.1 Å². The Hall–Kier alpha value is -1.14. The van der Waals surface area contributed by atoms with E-state index in [1.807, 2.05) is 32.0 Å². The highest BCUT2D eigenvalue weighted by molar-refractivity contribution is 9.10. The van der Waals surface area contributed by atoms with Crippen molar-refractivity contribution in [1.29, 1.82) is 0 Å². The van der Waals surface area contributed by atoms with Gasteiger partial charge in [-0.15, -0.1) is 0 Å². The van der Waals surface area contributed by atoms with Gasteiger partial charge in [-0.3, -0.25) is 5.43 Å². The first-order valence-corrected chi connectivity index (χ1v) is 7.80. The zero-order chi connectivity index (χ0) is 15.0. The smallest absolute Gasteiger partial charge is 0.186 e. The van der Waals surface area contributed by atoms with Crippen LogP contribution < -0.4 is 15.5 Å². The molecule has 20 heavy (non-hydrogen) atoms. The van der Waals surface area contributed by atoms with Crippen molar-refractivity contribution < 1.29 is 4.74 Å². The van der Waals surface area contributed by atoms with Gasteiger partial charge in [0.2, 0.25) is 0 Å². The third-order valence-corrected chi connectivity index (χ3v) is 3.43. The maximum absolute atomic E-state index is 5.79. The minimum absolute atomic E-state index is 0.199. The largest absolute Gasteiger partial charge is 0.490 e. The Bertz CT molecular complexity index is 479. The van der Waals surface area contributed by atoms with E-state index in [2.05, 4.69) is 38.7 Å². The maximum Gasteiger partial charge on any atom is 0.186 e. The molecule has 0 bridgehead atoms. The molecule has 0 heterocycles. The Morgan fingerprint density at radius 1 is 1.50 bits per heavy atom. The van der Waals surface area contributed by atoms with Crippen LogP contribution in [-0.2, 0) is 0 Å². The van der Waals surface area contributed by atoms with Gasteiger partial charge in [0.15, 0.2) is 5.11 Å². The average Bonchev–Trinajstić information content (AvgIpc) is 2.42. The fraction of sp³-hybridized carbons (Fsp3) is 0.429. The van der Waals surface area contributed by atoms with Crippen LogP contribution in [-0.4, -0.2) is 24.0 Å². The van der Waals surface area contributed by atoms with E-state index < -0.39 is 0 Å². The monoisotopic (exact) mass is 357 g/mol. The molecule has 0 saturated heterocycles. The molecule has 110 valence electrons. The van der Waals surface area contributed by atoms with Gasteiger partial charge in [0, 0.05) is 6.54 Å². The van der Waals surface area contributed by atoms with Gasteiger partial charge in [-0.25, -0.2) is 0 Å². The van der Waals surface area contributed by atoms with Crippen LogP contribution in [0.5, 0.6) is 5.75 Å². The lowest BCUT2D eigenvalue weighted by Crippen LogP contribution is -2.31. The Balaban J connectivity index is 2.63. The van der Waals surface area contributed by atoms with Crippen LogP contribution in [0.1, 0.15) is 32.8 Å². The number of ether oxygens (including phenoxy) is 1. The van der Waals surface area contributed by atoms with Crippen LogP contribution in [0.2, 0.25) is 0 Å². The number of benzene rings is 1. The third kappa shape index (κ3) is 5.88. The SMILES string of the molecule is CCNC(=S)NN=Cc1ccc(OC(C)CC)c(Br)c1. The topological polar surface area (TPSA) is 45.7 Å². The Morgan fingerprint density at radius 2 is 2.25 bits per heavy atom. The number of halogens is 1. The lowest BCUT2D eigenvalue weighted by molar-refractivity contribution is 0.216. The molecule has 6 heteroatoms. The van der Waals surface area contributed by atoms with E-state index in [0.29, 0.717) is 5.11 Å². The average molecular weight is 358 g/mol. The highest BCUT2D eigenvalue weighted by Gasteiger charge is 2.05. The molecule has 0 amide bonds. The molecule has 1 rings (SSSR count). The van der Waals surface area contributed by atoms with Crippen LogP contribution in [0.4, 0.5) is 0 Å². The number of rotatable bonds is 6. The van der Waals surface area contributed by atoms with E-state index >= 15 is 0 Å². The number of thiocarbonyl (C=S) groups is 1. The van der Waals surface area contributed by atoms with Gasteiger partial charge >= 0.3 is 0 Å². The van der Waals surface area contributed by atoms with Crippen molar-refractivity contribution in [3.63, 3.8) is 0 Å². The normalized spacial score (nSPS) is 12.2. The lowest BCUT2D eigenvalue weighted by atomic mass is 10.2. The third-order valence-electron chi connectivity index (χ3n) is 2.58. The second kappa shape index (κ2) is 8.92. The number of hydrazone groups is 1. The van der Waals surface area contributed by atoms with Gasteiger partial charge in [0.1, 0.15) is 5.75 Å². The molecule has 0 fully saturated rings. The molecule has 0 aromatic heterocycles. The molecule has 1 aromatic rings. The zero-order valence-electron chi connectivity index (χ0n) is 11.9. The quantitative estimate of drug-likeness (QED) is 0.465. The Morgan fingerprint density at radius 3 is 2.85 bits per heavy atom. The Kier molecular flexibility index (Phi) is 7.54. The van der Waals surface area contributed by atoms with Crippen LogP contribution in [0.25, 0.3) is 0 Å². The van der Waals surface area contributed by atoms with Crippen LogP contribution in [0.15, 0.2) is 27.8 Å². The van der Waals surface area contributed by atoms with Crippen molar-refractivity contribution in [2.75, 3.05) is 6.54 Å². The predicted octanol–water partition coefficient (Wildman–Crippen LogP) is 3.44. The minimum Gasteiger partial charge on any atom is -0.490 e. The molecule has 0 aliphatic carbocycles. The summed E-state index contributed by atoms with van der Waals surface area (Å²) in [5.41, 5.74) is 3.71. The van der Waals surface area contributed by atoms with Crippen molar-refractivity contribution in [2.24, 2.45) is 5.10 Å². The standard InChI is InChI=1S/C14H20BrN3OS/c1-4-10(3)19-13-7-6-11(8-12(13)15)9-17-18-14(20)16-5-2/h6-10H,4-5H2,1-3H3,(H2,16,18,20). The second-order valence-corrected chi connectivity index (χ2v) is 5.52. The molecule has 2 N–H and O–H groups in total. The van der Waals surface area contributed by atoms with Crippen molar-refractivity contribution in [1.82, 2.24) is 10.7 Å². The highest BCUT2D eigenvalue weighted by Crippen LogP contribution is 2.26. The number of nitrogens with one attached hydrogen (secondary N) is 2. The van der Waals surface area contributed by atoms with Crippen LogP contribution in [0, 0.1) is 0 Å². The number of hydrogen-bond donors (Lipinski definition) is 2. The molecule has 1 atom stereocenters. The van der Waals surface area contributed by atoms with Gasteiger partial charge < -0.3 is 10.1 Å². The van der Waals surface area contributed by atoms with Crippen molar-refractivity contribution in [2.45, 2.75) is 33.3 Å². The van der Waals surface area contributed by atoms with E-state index in [1.165, 1.54) is 0 Å². The van der Waals surface area contributed by atoms with Gasteiger partial charge in [0.05, 0.1) is 16.8 Å². The van der Waals surface area contributed by atoms with E-state index in [-0.39, 0.29) is 6.10 Å². The molecule has 4 nitrogen and oxygen atoms in total. The summed E-state index contributed by atoms with van der Waals surface area (Å²) in [4.78, 5) is 0. The number of nitrogens with zero attached hydrogens (tertiary/aromatic N) is 1. The molecular formula is C14H20BrN3OS. The molecule has 0 saturated carbocycles. The van der Waals surface area contributed by atoms with E-state index in [9.17, 15) is 0 Å². The summed E-state index contributed by atoms with van der Waals surface area (Å²) >= 11 is 8.52. The summed E-state index contributed by atoms with van der Waals surface area (Å²) in [6, 6.07) is 5.84. The fourth-order valence-corrected chi connectivity index (χ4v) is 2.05. The van der Waals surface area contributed by atoms with Gasteiger partial charge in [-0.1, -0.05) is 6.92 Å². The van der Waals surface area contributed by atoms with E-state index in [4.69, 9.17) is 17.0 Å². The zero-order valence-corrected chi connectivity index (χ0v) is 14.3. The predicted molar refractivity (Wildman–Crippen MR) is 91.5 cm³/mol. The van der Waals surface area contributed by atoms with Gasteiger partial charge in [-0.2, -0.15) is 5.10 Å². The molecule has 0 aliphatic rings. The number of hydrogen-bond acceptors (Lipinski definition) is 3. The van der Waals surface area contributed by atoms with E-state index in [0.717, 1.165) is 28.8 Å². The van der Waals surface area contributed by atoms with Crippen molar-refractivity contribution >= 4 is 39.5 Å². The van der Waals surface area contributed by atoms with Gasteiger partial charge in [-0.05, 0) is 72.2 Å². The maximum atomic E-state index is 5.79. The van der Waals surface area contributed by atoms with Crippen molar-refractivity contribution in [3.8, 4) is 5.75 Å². The highest BCUT2D eigenvalue weighted by atomic mass is 79.9. The van der Waals surface area contributed by atoms with Crippen molar-refractivity contribution in [3.05, 3.63) is 28.2 Å². The summed E-state index contributed by atoms with van der Waals surface area (Å²) in [7, 11) is 0.